The molecule has 2 aliphatic heterocycles. The van der Waals surface area contributed by atoms with Crippen LogP contribution in [0.1, 0.15) is 26.7 Å². The topological polar surface area (TPSA) is 32.3 Å². The Bertz CT molecular complexity index is 227. The lowest BCUT2D eigenvalue weighted by Crippen LogP contribution is -2.46. The summed E-state index contributed by atoms with van der Waals surface area (Å²) in [5.74, 6) is 1.22. The molecule has 2 aliphatic rings. The number of nitrogens with zero attached hydrogens (tertiary/aromatic N) is 1. The minimum Gasteiger partial charge on any atom is -0.339 e. The maximum atomic E-state index is 11.9. The molecule has 1 N–H and O–H groups in total. The Balaban J connectivity index is 2.03. The normalized spacial score (nSPS) is 32.1. The number of likely N-dealkylation sites (tertiary alicyclic amines) is 1. The first kappa shape index (κ1) is 9.97. The Morgan fingerprint density at radius 1 is 1.43 bits per heavy atom. The van der Waals surface area contributed by atoms with Crippen LogP contribution in [0.3, 0.4) is 0 Å². The Kier molecular flexibility index (Phi) is 2.77. The summed E-state index contributed by atoms with van der Waals surface area (Å²) in [6.45, 7) is 7.15. The fraction of sp³-hybridized carbons (Fsp3) is 0.909. The molecule has 2 heterocycles. The van der Waals surface area contributed by atoms with Gasteiger partial charge in [0.25, 0.3) is 0 Å². The minimum absolute atomic E-state index is 0.156. The number of rotatable bonds is 1. The smallest absolute Gasteiger partial charge is 0.225 e. The van der Waals surface area contributed by atoms with Gasteiger partial charge in [0.2, 0.25) is 5.91 Å². The van der Waals surface area contributed by atoms with Crippen LogP contribution in [0, 0.1) is 11.8 Å². The molecule has 0 aromatic heterocycles. The molecule has 0 aliphatic carbocycles. The average Bonchev–Trinajstić information content (AvgIpc) is 2.60. The van der Waals surface area contributed by atoms with Gasteiger partial charge in [-0.3, -0.25) is 4.79 Å². The highest BCUT2D eigenvalue weighted by atomic mass is 16.2. The zero-order chi connectivity index (χ0) is 10.1. The fourth-order valence-electron chi connectivity index (χ4n) is 2.69. The number of nitrogens with one attached hydrogen (secondary N) is 1. The van der Waals surface area contributed by atoms with Gasteiger partial charge in [0.05, 0.1) is 0 Å². The average molecular weight is 196 g/mol. The predicted molar refractivity (Wildman–Crippen MR) is 55.9 cm³/mol. The number of fused-ring (bicyclic) bond motifs is 1. The number of hydrogen-bond acceptors (Lipinski definition) is 2. The number of carbonyl (C=O) groups is 1. The Morgan fingerprint density at radius 3 is 2.93 bits per heavy atom. The van der Waals surface area contributed by atoms with Crippen molar-refractivity contribution in [3.8, 4) is 0 Å². The van der Waals surface area contributed by atoms with Crippen molar-refractivity contribution in [3.63, 3.8) is 0 Å². The number of hydrogen-bond donors (Lipinski definition) is 1. The van der Waals surface area contributed by atoms with Gasteiger partial charge in [0, 0.05) is 18.5 Å². The zero-order valence-electron chi connectivity index (χ0n) is 9.12. The van der Waals surface area contributed by atoms with E-state index in [0.29, 0.717) is 17.9 Å². The van der Waals surface area contributed by atoms with Gasteiger partial charge >= 0.3 is 0 Å². The molecular formula is C11H20N2O. The maximum Gasteiger partial charge on any atom is 0.225 e. The van der Waals surface area contributed by atoms with Crippen LogP contribution >= 0.6 is 0 Å². The molecule has 2 saturated heterocycles. The molecule has 2 fully saturated rings. The number of amides is 1. The molecular weight excluding hydrogens is 176 g/mol. The van der Waals surface area contributed by atoms with Crippen LogP contribution in [0.5, 0.6) is 0 Å². The largest absolute Gasteiger partial charge is 0.339 e. The predicted octanol–water partition coefficient (Wildman–Crippen LogP) is 0.853. The van der Waals surface area contributed by atoms with E-state index in [2.05, 4.69) is 10.2 Å². The van der Waals surface area contributed by atoms with Gasteiger partial charge < -0.3 is 10.2 Å². The molecule has 0 aromatic carbocycles. The highest BCUT2D eigenvalue weighted by molar-refractivity contribution is 5.78. The summed E-state index contributed by atoms with van der Waals surface area (Å²) in [6.07, 6.45) is 2.33. The second-order valence-electron chi connectivity index (χ2n) is 4.80. The van der Waals surface area contributed by atoms with Crippen LogP contribution in [-0.4, -0.2) is 36.5 Å². The molecule has 2 rings (SSSR count). The first-order chi connectivity index (χ1) is 6.70. The van der Waals surface area contributed by atoms with E-state index in [1.807, 2.05) is 13.8 Å². The van der Waals surface area contributed by atoms with Crippen molar-refractivity contribution >= 4 is 5.91 Å². The lowest BCUT2D eigenvalue weighted by atomic mass is 9.94. The third-order valence-corrected chi connectivity index (χ3v) is 3.49. The fourth-order valence-corrected chi connectivity index (χ4v) is 2.69. The number of carbonyl (C=O) groups excluding carboxylic acids is 1. The summed E-state index contributed by atoms with van der Waals surface area (Å²) in [4.78, 5) is 14.0. The molecule has 0 unspecified atom stereocenters. The van der Waals surface area contributed by atoms with Crippen molar-refractivity contribution in [2.75, 3.05) is 19.6 Å². The summed E-state index contributed by atoms with van der Waals surface area (Å²) < 4.78 is 0. The van der Waals surface area contributed by atoms with Crippen molar-refractivity contribution in [2.45, 2.75) is 32.7 Å². The molecule has 0 spiro atoms. The van der Waals surface area contributed by atoms with E-state index < -0.39 is 0 Å². The highest BCUT2D eigenvalue weighted by Crippen LogP contribution is 2.29. The van der Waals surface area contributed by atoms with Crippen molar-refractivity contribution in [3.05, 3.63) is 0 Å². The third-order valence-electron chi connectivity index (χ3n) is 3.49. The van der Waals surface area contributed by atoms with Crippen LogP contribution in [0.2, 0.25) is 0 Å². The quantitative estimate of drug-likeness (QED) is 0.674. The van der Waals surface area contributed by atoms with Gasteiger partial charge in [0.15, 0.2) is 0 Å². The molecule has 0 aromatic rings. The molecule has 0 bridgehead atoms. The first-order valence-electron chi connectivity index (χ1n) is 5.71. The van der Waals surface area contributed by atoms with Crippen LogP contribution < -0.4 is 5.32 Å². The Labute approximate surface area is 85.8 Å². The summed E-state index contributed by atoms with van der Waals surface area (Å²) in [6, 6.07) is 0.533. The van der Waals surface area contributed by atoms with E-state index in [0.717, 1.165) is 26.1 Å². The second kappa shape index (κ2) is 3.89. The first-order valence-corrected chi connectivity index (χ1v) is 5.71. The van der Waals surface area contributed by atoms with E-state index in [1.54, 1.807) is 0 Å². The molecule has 2 atom stereocenters. The lowest BCUT2D eigenvalue weighted by Gasteiger charge is -2.33. The summed E-state index contributed by atoms with van der Waals surface area (Å²) in [5.41, 5.74) is 0. The van der Waals surface area contributed by atoms with E-state index in [1.165, 1.54) is 6.42 Å². The minimum atomic E-state index is 0.156. The van der Waals surface area contributed by atoms with Gasteiger partial charge in [-0.25, -0.2) is 0 Å². The monoisotopic (exact) mass is 196 g/mol. The van der Waals surface area contributed by atoms with Crippen molar-refractivity contribution in [1.82, 2.24) is 10.2 Å². The van der Waals surface area contributed by atoms with Crippen LogP contribution in [0.15, 0.2) is 0 Å². The van der Waals surface area contributed by atoms with Crippen LogP contribution in [0.25, 0.3) is 0 Å². The Morgan fingerprint density at radius 2 is 2.21 bits per heavy atom. The molecule has 0 radical (unpaired) electrons. The van der Waals surface area contributed by atoms with Gasteiger partial charge in [-0.15, -0.1) is 0 Å². The molecule has 14 heavy (non-hydrogen) atoms. The van der Waals surface area contributed by atoms with Gasteiger partial charge in [-0.2, -0.15) is 0 Å². The number of piperidine rings is 1. The SMILES string of the molecule is CC(C)C(=O)N1CC[C@@H]2CNCC[C@@H]21. The molecule has 0 saturated carbocycles. The highest BCUT2D eigenvalue weighted by Gasteiger charge is 2.38. The van der Waals surface area contributed by atoms with Gasteiger partial charge in [0.1, 0.15) is 0 Å². The van der Waals surface area contributed by atoms with Crippen LogP contribution in [-0.2, 0) is 4.79 Å². The maximum absolute atomic E-state index is 11.9. The molecule has 3 nitrogen and oxygen atoms in total. The van der Waals surface area contributed by atoms with E-state index in [4.69, 9.17) is 0 Å². The van der Waals surface area contributed by atoms with Crippen LogP contribution in [0.4, 0.5) is 0 Å². The van der Waals surface area contributed by atoms with E-state index in [9.17, 15) is 4.79 Å². The molecule has 1 amide bonds. The van der Waals surface area contributed by atoms with Crippen molar-refractivity contribution < 1.29 is 4.79 Å². The summed E-state index contributed by atoms with van der Waals surface area (Å²) in [7, 11) is 0. The Hall–Kier alpha value is -0.570. The van der Waals surface area contributed by atoms with Gasteiger partial charge in [-0.1, -0.05) is 13.8 Å². The van der Waals surface area contributed by atoms with E-state index >= 15 is 0 Å². The van der Waals surface area contributed by atoms with E-state index in [-0.39, 0.29) is 5.92 Å². The molecule has 3 heteroatoms. The second-order valence-corrected chi connectivity index (χ2v) is 4.80. The summed E-state index contributed by atoms with van der Waals surface area (Å²) in [5, 5.41) is 3.41. The summed E-state index contributed by atoms with van der Waals surface area (Å²) >= 11 is 0. The van der Waals surface area contributed by atoms with Crippen molar-refractivity contribution in [2.24, 2.45) is 11.8 Å². The third kappa shape index (κ3) is 1.65. The standard InChI is InChI=1S/C11H20N2O/c1-8(2)11(14)13-6-4-9-7-12-5-3-10(9)13/h8-10,12H,3-7H2,1-2H3/t9-,10+/m1/s1. The molecule has 80 valence electrons. The van der Waals surface area contributed by atoms with Gasteiger partial charge in [-0.05, 0) is 31.8 Å². The zero-order valence-corrected chi connectivity index (χ0v) is 9.12. The van der Waals surface area contributed by atoms with Crippen molar-refractivity contribution in [1.29, 1.82) is 0 Å². The lowest BCUT2D eigenvalue weighted by molar-refractivity contribution is -0.135.